The molecule has 4 N–H and O–H groups in total. The van der Waals surface area contributed by atoms with Crippen LogP contribution in [0.1, 0.15) is 18.4 Å². The van der Waals surface area contributed by atoms with E-state index in [1.807, 2.05) is 18.2 Å². The zero-order valence-electron chi connectivity index (χ0n) is 17.7. The third kappa shape index (κ3) is 6.43. The minimum atomic E-state index is -3.49. The summed E-state index contributed by atoms with van der Waals surface area (Å²) in [5, 5.41) is 13.0. The lowest BCUT2D eigenvalue weighted by molar-refractivity contribution is -0.00665. The first-order valence-electron chi connectivity index (χ1n) is 10.4. The molecule has 0 saturated carbocycles. The Morgan fingerprint density at radius 1 is 1.13 bits per heavy atom. The average molecular weight is 447 g/mol. The third-order valence-electron chi connectivity index (χ3n) is 5.49. The highest BCUT2D eigenvalue weighted by molar-refractivity contribution is 7.90. The molecule has 31 heavy (non-hydrogen) atoms. The summed E-state index contributed by atoms with van der Waals surface area (Å²) in [4.78, 5) is 15.7. The van der Waals surface area contributed by atoms with Crippen LogP contribution in [-0.4, -0.2) is 63.1 Å². The second kappa shape index (κ2) is 10.1. The highest BCUT2D eigenvalue weighted by atomic mass is 32.2. The predicted octanol–water partition coefficient (Wildman–Crippen LogP) is 2.04. The van der Waals surface area contributed by atoms with Crippen LogP contribution in [0.4, 0.5) is 16.2 Å². The number of hydrogen-bond acceptors (Lipinski definition) is 6. The molecular weight excluding hydrogens is 416 g/mol. The van der Waals surface area contributed by atoms with Gasteiger partial charge in [-0.2, -0.15) is 0 Å². The van der Waals surface area contributed by atoms with Crippen LogP contribution < -0.4 is 16.0 Å². The minimum Gasteiger partial charge on any atom is -0.378 e. The van der Waals surface area contributed by atoms with Crippen molar-refractivity contribution in [3.05, 3.63) is 54.1 Å². The third-order valence-corrected chi connectivity index (χ3v) is 6.64. The Balaban J connectivity index is 1.51. The van der Waals surface area contributed by atoms with Crippen LogP contribution in [-0.2, 0) is 16.3 Å². The molecule has 1 aliphatic heterocycles. The van der Waals surface area contributed by atoms with Gasteiger partial charge >= 0.3 is 6.03 Å². The number of aryl methyl sites for hydroxylation is 1. The van der Waals surface area contributed by atoms with Gasteiger partial charge in [0.05, 0.1) is 10.6 Å². The molecule has 0 aliphatic carbocycles. The van der Waals surface area contributed by atoms with Crippen molar-refractivity contribution in [1.82, 2.24) is 4.90 Å². The van der Waals surface area contributed by atoms with E-state index in [0.29, 0.717) is 12.8 Å². The maximum atomic E-state index is 11.9. The van der Waals surface area contributed by atoms with Gasteiger partial charge in [-0.15, -0.1) is 0 Å². The topological polar surface area (TPSA) is 116 Å². The summed E-state index contributed by atoms with van der Waals surface area (Å²) in [7, 11) is -3.49. The second-order valence-corrected chi connectivity index (χ2v) is 9.81. The summed E-state index contributed by atoms with van der Waals surface area (Å²) < 4.78 is 23.8. The molecule has 1 heterocycles. The number of para-hydroxylation sites is 1. The summed E-state index contributed by atoms with van der Waals surface area (Å²) in [5.74, 6) is 0. The average Bonchev–Trinajstić information content (AvgIpc) is 2.73. The van der Waals surface area contributed by atoms with Gasteiger partial charge in [0, 0.05) is 38.1 Å². The molecule has 3 rings (SSSR count). The summed E-state index contributed by atoms with van der Waals surface area (Å²) in [6, 6.07) is 14.3. The summed E-state index contributed by atoms with van der Waals surface area (Å²) >= 11 is 0. The first-order valence-corrected chi connectivity index (χ1v) is 12.2. The number of nitrogens with one attached hydrogen (secondary N) is 1. The van der Waals surface area contributed by atoms with E-state index < -0.39 is 22.1 Å². The molecule has 1 fully saturated rings. The van der Waals surface area contributed by atoms with Crippen molar-refractivity contribution in [2.45, 2.75) is 30.4 Å². The molecule has 1 atom stereocenters. The van der Waals surface area contributed by atoms with Gasteiger partial charge in [-0.3, -0.25) is 4.90 Å². The van der Waals surface area contributed by atoms with Crippen LogP contribution in [0.2, 0.25) is 0 Å². The van der Waals surface area contributed by atoms with E-state index in [2.05, 4.69) is 27.2 Å². The van der Waals surface area contributed by atoms with Crippen molar-refractivity contribution >= 4 is 27.2 Å². The predicted molar refractivity (Wildman–Crippen MR) is 122 cm³/mol. The van der Waals surface area contributed by atoms with Crippen LogP contribution in [0.25, 0.3) is 0 Å². The molecule has 2 amide bonds. The monoisotopic (exact) mass is 446 g/mol. The molecule has 168 valence electrons. The number of primary amides is 1. The van der Waals surface area contributed by atoms with E-state index in [4.69, 9.17) is 5.73 Å². The lowest BCUT2D eigenvalue weighted by Crippen LogP contribution is -2.50. The number of aliphatic hydroxyl groups excluding tert-OH is 1. The van der Waals surface area contributed by atoms with E-state index in [9.17, 15) is 18.3 Å². The van der Waals surface area contributed by atoms with Gasteiger partial charge in [0.25, 0.3) is 0 Å². The van der Waals surface area contributed by atoms with Crippen molar-refractivity contribution in [3.63, 3.8) is 0 Å². The van der Waals surface area contributed by atoms with E-state index >= 15 is 0 Å². The van der Waals surface area contributed by atoms with Crippen LogP contribution in [0.15, 0.2) is 53.4 Å². The smallest absolute Gasteiger partial charge is 0.316 e. The van der Waals surface area contributed by atoms with Crippen molar-refractivity contribution in [1.29, 1.82) is 0 Å². The molecule has 1 unspecified atom stereocenters. The fourth-order valence-electron chi connectivity index (χ4n) is 3.87. The molecule has 1 aliphatic rings. The second-order valence-electron chi connectivity index (χ2n) is 7.82. The molecule has 0 spiro atoms. The Morgan fingerprint density at radius 3 is 2.42 bits per heavy atom. The number of sulfone groups is 1. The van der Waals surface area contributed by atoms with Crippen LogP contribution in [0, 0.1) is 0 Å². The SMILES string of the molecule is CS(=O)(=O)c1ccc(CCCC(O)N2CCN(c3ccccc3)CC2)cc1NC(N)=O. The molecular formula is C22H30N4O4S. The number of carbonyl (C=O) groups is 1. The molecule has 8 nitrogen and oxygen atoms in total. The van der Waals surface area contributed by atoms with Gasteiger partial charge in [-0.1, -0.05) is 24.3 Å². The molecule has 0 aromatic heterocycles. The number of benzene rings is 2. The van der Waals surface area contributed by atoms with Crippen LogP contribution in [0.3, 0.4) is 0 Å². The summed E-state index contributed by atoms with van der Waals surface area (Å²) in [6.45, 7) is 3.34. The first-order chi connectivity index (χ1) is 14.7. The largest absolute Gasteiger partial charge is 0.378 e. The molecule has 0 bridgehead atoms. The molecule has 2 aromatic carbocycles. The first kappa shape index (κ1) is 23.1. The Kier molecular flexibility index (Phi) is 7.53. The Hall–Kier alpha value is -2.62. The maximum Gasteiger partial charge on any atom is 0.316 e. The van der Waals surface area contributed by atoms with Crippen LogP contribution in [0.5, 0.6) is 0 Å². The zero-order chi connectivity index (χ0) is 22.4. The van der Waals surface area contributed by atoms with Crippen molar-refractivity contribution in [2.75, 3.05) is 42.7 Å². The highest BCUT2D eigenvalue weighted by Gasteiger charge is 2.22. The van der Waals surface area contributed by atoms with Gasteiger partial charge in [-0.05, 0) is 49.1 Å². The number of urea groups is 1. The molecule has 2 aromatic rings. The standard InChI is InChI=1S/C22H30N4O4S/c1-31(29,30)20-11-10-17(16-19(20)24-22(23)28)6-5-9-21(27)26-14-12-25(13-15-26)18-7-3-2-4-8-18/h2-4,7-8,10-11,16,21,27H,5-6,9,12-15H2,1H3,(H3,23,24,28). The lowest BCUT2D eigenvalue weighted by atomic mass is 10.1. The fraction of sp³-hybridized carbons (Fsp3) is 0.409. The Morgan fingerprint density at radius 2 is 1.81 bits per heavy atom. The summed E-state index contributed by atoms with van der Waals surface area (Å²) in [6.07, 6.45) is 2.56. The quantitative estimate of drug-likeness (QED) is 0.572. The number of nitrogens with zero attached hydrogens (tertiary/aromatic N) is 2. The Bertz CT molecular complexity index is 990. The number of rotatable bonds is 8. The van der Waals surface area contributed by atoms with Gasteiger partial charge < -0.3 is 21.1 Å². The number of amides is 2. The molecule has 1 saturated heterocycles. The zero-order valence-corrected chi connectivity index (χ0v) is 18.5. The van der Waals surface area contributed by atoms with E-state index in [1.54, 1.807) is 12.1 Å². The van der Waals surface area contributed by atoms with Crippen LogP contribution >= 0.6 is 0 Å². The Labute approximate surface area is 183 Å². The summed E-state index contributed by atoms with van der Waals surface area (Å²) in [5.41, 5.74) is 7.43. The lowest BCUT2D eigenvalue weighted by Gasteiger charge is -2.38. The van der Waals surface area contributed by atoms with Crippen molar-refractivity contribution in [3.8, 4) is 0 Å². The van der Waals surface area contributed by atoms with Crippen molar-refractivity contribution in [2.24, 2.45) is 5.73 Å². The highest BCUT2D eigenvalue weighted by Crippen LogP contribution is 2.24. The van der Waals surface area contributed by atoms with Crippen molar-refractivity contribution < 1.29 is 18.3 Å². The van der Waals surface area contributed by atoms with Gasteiger partial charge in [0.1, 0.15) is 6.23 Å². The minimum absolute atomic E-state index is 0.0337. The fourth-order valence-corrected chi connectivity index (χ4v) is 4.70. The number of aliphatic hydroxyl groups is 1. The number of carbonyl (C=O) groups excluding carboxylic acids is 1. The number of nitrogens with two attached hydrogens (primary N) is 1. The van der Waals surface area contributed by atoms with Gasteiger partial charge in [0.15, 0.2) is 9.84 Å². The van der Waals surface area contributed by atoms with E-state index in [-0.39, 0.29) is 10.6 Å². The van der Waals surface area contributed by atoms with Gasteiger partial charge in [0.2, 0.25) is 0 Å². The van der Waals surface area contributed by atoms with E-state index in [0.717, 1.165) is 44.4 Å². The molecule has 0 radical (unpaired) electrons. The number of hydrogen-bond donors (Lipinski definition) is 3. The van der Waals surface area contributed by atoms with E-state index in [1.165, 1.54) is 11.8 Å². The number of piperazine rings is 1. The molecule has 9 heteroatoms. The number of anilines is 2. The van der Waals surface area contributed by atoms with Gasteiger partial charge in [-0.25, -0.2) is 13.2 Å². The maximum absolute atomic E-state index is 11.9. The normalized spacial score (nSPS) is 16.1.